The van der Waals surface area contributed by atoms with Gasteiger partial charge in [0, 0.05) is 0 Å². The summed E-state index contributed by atoms with van der Waals surface area (Å²) in [5, 5.41) is 14.5. The van der Waals surface area contributed by atoms with Crippen LogP contribution in [0, 0.1) is 22.7 Å². The van der Waals surface area contributed by atoms with Gasteiger partial charge in [-0.15, -0.1) is 0 Å². The van der Waals surface area contributed by atoms with E-state index in [4.69, 9.17) is 10.5 Å². The molecule has 5 heavy (non-hydrogen) atoms. The first-order valence-corrected chi connectivity index (χ1v) is 0.697. The Kier molecular flexibility index (Phi) is 17.2. The number of nitrogens with zero attached hydrogens (tertiary/aromatic N) is 2. The number of rotatable bonds is 0. The second-order valence-corrected chi connectivity index (χ2v) is 0.224. The summed E-state index contributed by atoms with van der Waals surface area (Å²) in [6.07, 6.45) is 0. The number of hydrogen-bond acceptors (Lipinski definition) is 2. The van der Waals surface area contributed by atoms with E-state index in [9.17, 15) is 0 Å². The van der Waals surface area contributed by atoms with E-state index >= 15 is 0 Å². The second kappa shape index (κ2) is 9.76. The Balaban J connectivity index is 0. The normalized spacial score (nSPS) is 2.00. The minimum Gasteiger partial charge on any atom is -0.181 e. The molecule has 0 aromatic rings. The summed E-state index contributed by atoms with van der Waals surface area (Å²) >= 11 is 0. The molecule has 0 heterocycles. The first kappa shape index (κ1) is 8.82. The van der Waals surface area contributed by atoms with Crippen molar-refractivity contribution in [1.29, 1.82) is 10.5 Å². The first-order valence-electron chi connectivity index (χ1n) is 0.697. The van der Waals surface area contributed by atoms with E-state index in [1.54, 1.807) is 0 Å². The molecule has 0 aromatic heterocycles. The Morgan fingerprint density at radius 3 is 1.20 bits per heavy atom. The summed E-state index contributed by atoms with van der Waals surface area (Å²) in [4.78, 5) is 0. The van der Waals surface area contributed by atoms with Gasteiger partial charge >= 0.3 is 16.8 Å². The van der Waals surface area contributed by atoms with Crippen LogP contribution >= 0.6 is 0 Å². The molecule has 24 valence electrons. The van der Waals surface area contributed by atoms with E-state index in [1.807, 2.05) is 0 Å². The molecule has 0 aliphatic heterocycles. The van der Waals surface area contributed by atoms with Crippen molar-refractivity contribution in [1.82, 2.24) is 0 Å². The van der Waals surface area contributed by atoms with Crippen LogP contribution in [0.1, 0.15) is 0 Å². The van der Waals surface area contributed by atoms with Crippen LogP contribution in [0.2, 0.25) is 0 Å². The van der Waals surface area contributed by atoms with Gasteiger partial charge in [-0.05, 0) is 0 Å². The van der Waals surface area contributed by atoms with E-state index in [1.165, 1.54) is 12.1 Å². The molecule has 0 amide bonds. The predicted octanol–water partition coefficient (Wildman–Crippen LogP) is 0.0311. The average Bonchev–Trinajstić information content (AvgIpc) is 1.37. The van der Waals surface area contributed by atoms with E-state index in [0.29, 0.717) is 0 Å². The first-order chi connectivity index (χ1) is 1.91. The molecular formula is C2CoN2+3. The quantitative estimate of drug-likeness (QED) is 0.442. The number of nitriles is 2. The Bertz CT molecular complexity index is 62.6. The largest absolute Gasteiger partial charge is 3.00 e. The van der Waals surface area contributed by atoms with Gasteiger partial charge in [0.2, 0.25) is 0 Å². The molecule has 0 aromatic carbocycles. The van der Waals surface area contributed by atoms with Gasteiger partial charge in [-0.2, -0.15) is 10.5 Å². The maximum Gasteiger partial charge on any atom is 3.00 e. The third-order valence-corrected chi connectivity index (χ3v) is 0.0500. The molecule has 0 atom stereocenters. The standard InChI is InChI=1S/C2N2.Co/c3-1-2-4;/q;+3. The summed E-state index contributed by atoms with van der Waals surface area (Å²) in [7, 11) is 0. The fourth-order valence-corrected chi connectivity index (χ4v) is 0. The number of hydrogen-bond donors (Lipinski definition) is 0. The van der Waals surface area contributed by atoms with Gasteiger partial charge in [0.05, 0.1) is 0 Å². The van der Waals surface area contributed by atoms with Crippen molar-refractivity contribution < 1.29 is 16.8 Å². The molecule has 3 heteroatoms. The van der Waals surface area contributed by atoms with E-state index in [-0.39, 0.29) is 16.8 Å². The van der Waals surface area contributed by atoms with Crippen molar-refractivity contribution in [3.63, 3.8) is 0 Å². The summed E-state index contributed by atoms with van der Waals surface area (Å²) in [5.41, 5.74) is 0. The Morgan fingerprint density at radius 2 is 1.20 bits per heavy atom. The zero-order valence-corrected chi connectivity index (χ0v) is 3.27. The van der Waals surface area contributed by atoms with E-state index < -0.39 is 0 Å². The van der Waals surface area contributed by atoms with Gasteiger partial charge in [0.1, 0.15) is 0 Å². The fourth-order valence-electron chi connectivity index (χ4n) is 0. The van der Waals surface area contributed by atoms with E-state index in [2.05, 4.69) is 0 Å². The minimum absolute atomic E-state index is 0. The van der Waals surface area contributed by atoms with E-state index in [0.717, 1.165) is 0 Å². The third kappa shape index (κ3) is 32.6. The predicted molar refractivity (Wildman–Crippen MR) is 11.2 cm³/mol. The maximum absolute atomic E-state index is 7.26. The smallest absolute Gasteiger partial charge is 0.181 e. The summed E-state index contributed by atoms with van der Waals surface area (Å²) in [6, 6.07) is 2.47. The summed E-state index contributed by atoms with van der Waals surface area (Å²) < 4.78 is 0. The monoisotopic (exact) mass is 111 g/mol. The molecule has 0 N–H and O–H groups in total. The molecule has 0 spiro atoms. The van der Waals surface area contributed by atoms with Crippen LogP contribution in [0.3, 0.4) is 0 Å². The van der Waals surface area contributed by atoms with Crippen molar-refractivity contribution in [3.05, 3.63) is 0 Å². The zero-order valence-electron chi connectivity index (χ0n) is 2.23. The molecule has 0 saturated carbocycles. The molecule has 0 aliphatic rings. The molecule has 2 nitrogen and oxygen atoms in total. The summed E-state index contributed by atoms with van der Waals surface area (Å²) in [5.74, 6) is 0. The van der Waals surface area contributed by atoms with Crippen LogP contribution < -0.4 is 0 Å². The van der Waals surface area contributed by atoms with Crippen molar-refractivity contribution >= 4 is 0 Å². The molecule has 0 bridgehead atoms. The van der Waals surface area contributed by atoms with Gasteiger partial charge in [0.15, 0.2) is 12.1 Å². The minimum atomic E-state index is 0. The van der Waals surface area contributed by atoms with Crippen LogP contribution in [-0.4, -0.2) is 0 Å². The SMILES string of the molecule is N#CC#N.[Co+3]. The Hall–Kier alpha value is -0.514. The van der Waals surface area contributed by atoms with Crippen LogP contribution in [0.25, 0.3) is 0 Å². The van der Waals surface area contributed by atoms with Crippen LogP contribution in [0.15, 0.2) is 0 Å². The van der Waals surface area contributed by atoms with Gasteiger partial charge in [-0.25, -0.2) is 0 Å². The fraction of sp³-hybridized carbons (Fsp3) is 0. The van der Waals surface area contributed by atoms with Gasteiger partial charge in [0.25, 0.3) is 0 Å². The molecule has 0 radical (unpaired) electrons. The molecule has 0 saturated heterocycles. The van der Waals surface area contributed by atoms with Crippen LogP contribution in [0.5, 0.6) is 0 Å². The molecular weight excluding hydrogens is 111 g/mol. The Labute approximate surface area is 40.2 Å². The zero-order chi connectivity index (χ0) is 3.41. The molecule has 0 fully saturated rings. The molecule has 0 aliphatic carbocycles. The molecule has 0 rings (SSSR count). The van der Waals surface area contributed by atoms with Gasteiger partial charge in [-0.1, -0.05) is 0 Å². The van der Waals surface area contributed by atoms with Crippen LogP contribution in [0.4, 0.5) is 0 Å². The van der Waals surface area contributed by atoms with Crippen molar-refractivity contribution in [2.75, 3.05) is 0 Å². The van der Waals surface area contributed by atoms with Crippen molar-refractivity contribution in [2.45, 2.75) is 0 Å². The van der Waals surface area contributed by atoms with Crippen molar-refractivity contribution in [2.24, 2.45) is 0 Å². The second-order valence-electron chi connectivity index (χ2n) is 0.224. The van der Waals surface area contributed by atoms with Gasteiger partial charge in [-0.3, -0.25) is 0 Å². The van der Waals surface area contributed by atoms with Crippen LogP contribution in [-0.2, 0) is 16.8 Å². The van der Waals surface area contributed by atoms with Gasteiger partial charge < -0.3 is 0 Å². The topological polar surface area (TPSA) is 47.6 Å². The summed E-state index contributed by atoms with van der Waals surface area (Å²) in [6.45, 7) is 0. The average molecular weight is 111 g/mol. The Morgan fingerprint density at radius 1 is 1.00 bits per heavy atom. The van der Waals surface area contributed by atoms with Crippen molar-refractivity contribution in [3.8, 4) is 12.1 Å². The third-order valence-electron chi connectivity index (χ3n) is 0.0500. The molecule has 0 unspecified atom stereocenters. The maximum atomic E-state index is 7.26.